The van der Waals surface area contributed by atoms with Crippen LogP contribution in [0.3, 0.4) is 0 Å². The summed E-state index contributed by atoms with van der Waals surface area (Å²) in [6.45, 7) is 3.43. The zero-order valence-corrected chi connectivity index (χ0v) is 13.4. The van der Waals surface area contributed by atoms with Gasteiger partial charge in [-0.05, 0) is 18.2 Å². The largest absolute Gasteiger partial charge is 0.342 e. The van der Waals surface area contributed by atoms with E-state index >= 15 is 0 Å². The lowest BCUT2D eigenvalue weighted by Gasteiger charge is -2.32. The van der Waals surface area contributed by atoms with Crippen LogP contribution in [-0.4, -0.2) is 58.8 Å². The second kappa shape index (κ2) is 6.04. The fourth-order valence-electron chi connectivity index (χ4n) is 2.83. The molecule has 0 spiro atoms. The first-order valence-corrected chi connectivity index (χ1v) is 7.69. The van der Waals surface area contributed by atoms with Gasteiger partial charge in [0.05, 0.1) is 11.1 Å². The van der Waals surface area contributed by atoms with Crippen LogP contribution in [0, 0.1) is 0 Å². The van der Waals surface area contributed by atoms with Crippen molar-refractivity contribution in [2.45, 2.75) is 6.92 Å². The third-order valence-electron chi connectivity index (χ3n) is 4.09. The SMILES string of the molecule is CC(=O)n1cc(C(=O)N2CCN(C=O)CC2)c2cc(Cl)ccc21. The number of carbonyl (C=O) groups excluding carboxylic acids is 3. The molecule has 0 N–H and O–H groups in total. The van der Waals surface area contributed by atoms with E-state index in [2.05, 4.69) is 0 Å². The van der Waals surface area contributed by atoms with Crippen molar-refractivity contribution in [3.05, 3.63) is 35.0 Å². The van der Waals surface area contributed by atoms with E-state index in [1.54, 1.807) is 34.2 Å². The highest BCUT2D eigenvalue weighted by atomic mass is 35.5. The molecule has 1 fully saturated rings. The highest BCUT2D eigenvalue weighted by Crippen LogP contribution is 2.26. The number of fused-ring (bicyclic) bond motifs is 1. The summed E-state index contributed by atoms with van der Waals surface area (Å²) in [5.41, 5.74) is 1.12. The van der Waals surface area contributed by atoms with E-state index in [1.807, 2.05) is 0 Å². The average Bonchev–Trinajstić information content (AvgIpc) is 2.93. The number of benzene rings is 1. The summed E-state index contributed by atoms with van der Waals surface area (Å²) >= 11 is 6.04. The molecule has 1 saturated heterocycles. The van der Waals surface area contributed by atoms with Crippen molar-refractivity contribution in [1.82, 2.24) is 14.4 Å². The van der Waals surface area contributed by atoms with Crippen LogP contribution in [0.15, 0.2) is 24.4 Å². The fourth-order valence-corrected chi connectivity index (χ4v) is 3.01. The molecule has 7 heteroatoms. The number of hydrogen-bond donors (Lipinski definition) is 0. The molecular weight excluding hydrogens is 318 g/mol. The number of piperazine rings is 1. The van der Waals surface area contributed by atoms with E-state index in [0.29, 0.717) is 47.7 Å². The molecule has 3 rings (SSSR count). The number of nitrogens with zero attached hydrogens (tertiary/aromatic N) is 3. The third-order valence-corrected chi connectivity index (χ3v) is 4.32. The Bertz CT molecular complexity index is 791. The minimum atomic E-state index is -0.165. The summed E-state index contributed by atoms with van der Waals surface area (Å²) in [6.07, 6.45) is 2.36. The monoisotopic (exact) mass is 333 g/mol. The average molecular weight is 334 g/mol. The Morgan fingerprint density at radius 3 is 2.48 bits per heavy atom. The molecule has 0 aliphatic carbocycles. The van der Waals surface area contributed by atoms with Crippen LogP contribution in [0.1, 0.15) is 22.1 Å². The van der Waals surface area contributed by atoms with Crippen molar-refractivity contribution in [3.63, 3.8) is 0 Å². The summed E-state index contributed by atoms with van der Waals surface area (Å²) in [5.74, 6) is -0.315. The van der Waals surface area contributed by atoms with E-state index in [0.717, 1.165) is 6.41 Å². The Morgan fingerprint density at radius 2 is 1.87 bits per heavy atom. The molecule has 23 heavy (non-hydrogen) atoms. The molecule has 120 valence electrons. The van der Waals surface area contributed by atoms with Gasteiger partial charge in [-0.3, -0.25) is 19.0 Å². The van der Waals surface area contributed by atoms with Crippen LogP contribution in [0.4, 0.5) is 0 Å². The second-order valence-corrected chi connectivity index (χ2v) is 5.96. The number of halogens is 1. The summed E-state index contributed by atoms with van der Waals surface area (Å²) < 4.78 is 1.46. The lowest BCUT2D eigenvalue weighted by Crippen LogP contribution is -2.48. The van der Waals surface area contributed by atoms with Crippen LogP contribution in [-0.2, 0) is 4.79 Å². The van der Waals surface area contributed by atoms with Gasteiger partial charge in [0.15, 0.2) is 0 Å². The van der Waals surface area contributed by atoms with Crippen molar-refractivity contribution in [2.24, 2.45) is 0 Å². The van der Waals surface area contributed by atoms with Gasteiger partial charge in [0.1, 0.15) is 0 Å². The van der Waals surface area contributed by atoms with E-state index in [9.17, 15) is 14.4 Å². The summed E-state index contributed by atoms with van der Waals surface area (Å²) in [7, 11) is 0. The Kier molecular flexibility index (Phi) is 4.09. The summed E-state index contributed by atoms with van der Waals surface area (Å²) in [6, 6.07) is 5.13. The van der Waals surface area contributed by atoms with E-state index in [-0.39, 0.29) is 11.8 Å². The first kappa shape index (κ1) is 15.6. The minimum absolute atomic E-state index is 0.150. The number of carbonyl (C=O) groups is 3. The number of rotatable bonds is 2. The van der Waals surface area contributed by atoms with Gasteiger partial charge in [-0.25, -0.2) is 0 Å². The van der Waals surface area contributed by atoms with Crippen LogP contribution >= 0.6 is 11.6 Å². The van der Waals surface area contributed by atoms with Gasteiger partial charge in [-0.15, -0.1) is 0 Å². The fraction of sp³-hybridized carbons (Fsp3) is 0.312. The quantitative estimate of drug-likeness (QED) is 0.788. The molecule has 0 atom stereocenters. The summed E-state index contributed by atoms with van der Waals surface area (Å²) in [5, 5.41) is 1.18. The van der Waals surface area contributed by atoms with E-state index in [4.69, 9.17) is 11.6 Å². The van der Waals surface area contributed by atoms with Gasteiger partial charge in [0, 0.05) is 49.7 Å². The third kappa shape index (κ3) is 2.82. The lowest BCUT2D eigenvalue weighted by molar-refractivity contribution is -0.119. The molecule has 0 radical (unpaired) electrons. The molecule has 2 aromatic rings. The maximum atomic E-state index is 12.8. The standard InChI is InChI=1S/C16H16ClN3O3/c1-11(22)20-9-14(13-8-12(17)2-3-15(13)20)16(23)19-6-4-18(10-21)5-7-19/h2-3,8-10H,4-7H2,1H3. The van der Waals surface area contributed by atoms with E-state index < -0.39 is 0 Å². The Labute approximate surface area is 138 Å². The number of amides is 2. The molecule has 1 aliphatic rings. The van der Waals surface area contributed by atoms with Crippen LogP contribution in [0.25, 0.3) is 10.9 Å². The topological polar surface area (TPSA) is 62.6 Å². The predicted molar refractivity (Wildman–Crippen MR) is 86.8 cm³/mol. The van der Waals surface area contributed by atoms with Crippen molar-refractivity contribution in [2.75, 3.05) is 26.2 Å². The van der Waals surface area contributed by atoms with Gasteiger partial charge >= 0.3 is 0 Å². The molecule has 1 aromatic carbocycles. The Balaban J connectivity index is 1.99. The second-order valence-electron chi connectivity index (χ2n) is 5.53. The molecule has 2 heterocycles. The zero-order valence-electron chi connectivity index (χ0n) is 12.7. The molecule has 0 saturated carbocycles. The smallest absolute Gasteiger partial charge is 0.256 e. The molecule has 2 amide bonds. The minimum Gasteiger partial charge on any atom is -0.342 e. The van der Waals surface area contributed by atoms with Gasteiger partial charge in [-0.2, -0.15) is 0 Å². The first-order valence-electron chi connectivity index (χ1n) is 7.31. The van der Waals surface area contributed by atoms with Crippen LogP contribution < -0.4 is 0 Å². The maximum Gasteiger partial charge on any atom is 0.256 e. The van der Waals surface area contributed by atoms with Crippen molar-refractivity contribution < 1.29 is 14.4 Å². The predicted octanol–water partition coefficient (Wildman–Crippen LogP) is 1.87. The Hall–Kier alpha value is -2.34. The number of aromatic nitrogens is 1. The van der Waals surface area contributed by atoms with Crippen LogP contribution in [0.2, 0.25) is 5.02 Å². The van der Waals surface area contributed by atoms with Crippen molar-refractivity contribution in [1.29, 1.82) is 0 Å². The molecule has 0 unspecified atom stereocenters. The number of hydrogen-bond acceptors (Lipinski definition) is 3. The van der Waals surface area contributed by atoms with Gasteiger partial charge in [-0.1, -0.05) is 11.6 Å². The van der Waals surface area contributed by atoms with Gasteiger partial charge in [0.2, 0.25) is 12.3 Å². The van der Waals surface area contributed by atoms with Crippen molar-refractivity contribution >= 4 is 40.7 Å². The molecule has 1 aliphatic heterocycles. The molecule has 0 bridgehead atoms. The van der Waals surface area contributed by atoms with Gasteiger partial charge in [0.25, 0.3) is 5.91 Å². The normalized spacial score (nSPS) is 15.0. The first-order chi connectivity index (χ1) is 11.0. The molecule has 1 aromatic heterocycles. The Morgan fingerprint density at radius 1 is 1.17 bits per heavy atom. The van der Waals surface area contributed by atoms with Gasteiger partial charge < -0.3 is 9.80 Å². The summed E-state index contributed by atoms with van der Waals surface area (Å²) in [4.78, 5) is 38.7. The molecule has 6 nitrogen and oxygen atoms in total. The highest BCUT2D eigenvalue weighted by molar-refractivity contribution is 6.31. The van der Waals surface area contributed by atoms with E-state index in [1.165, 1.54) is 11.5 Å². The van der Waals surface area contributed by atoms with Crippen molar-refractivity contribution in [3.8, 4) is 0 Å². The lowest BCUT2D eigenvalue weighted by atomic mass is 10.1. The zero-order chi connectivity index (χ0) is 16.6. The maximum absolute atomic E-state index is 12.8. The van der Waals surface area contributed by atoms with Crippen LogP contribution in [0.5, 0.6) is 0 Å². The molecular formula is C16H16ClN3O3. The highest BCUT2D eigenvalue weighted by Gasteiger charge is 2.25.